The van der Waals surface area contributed by atoms with Crippen molar-refractivity contribution in [3.63, 3.8) is 0 Å². The third-order valence-electron chi connectivity index (χ3n) is 4.14. The first-order valence-electron chi connectivity index (χ1n) is 9.86. The molecule has 2 N–H and O–H groups in total. The fourth-order valence-corrected chi connectivity index (χ4v) is 2.97. The Balaban J connectivity index is 1.96. The molecule has 180 valence electrons. The summed E-state index contributed by atoms with van der Waals surface area (Å²) >= 11 is 0. The molecule has 10 nitrogen and oxygen atoms in total. The van der Waals surface area contributed by atoms with Gasteiger partial charge >= 0.3 is 19.8 Å². The fourth-order valence-electron chi connectivity index (χ4n) is 2.56. The topological polar surface area (TPSA) is 146 Å². The Hall–Kier alpha value is -3.72. The Morgan fingerprint density at radius 3 is 2.32 bits per heavy atom. The smallest absolute Gasteiger partial charge is 0.490 e. The van der Waals surface area contributed by atoms with Gasteiger partial charge in [-0.05, 0) is 12.1 Å². The van der Waals surface area contributed by atoms with E-state index in [1.54, 1.807) is 30.3 Å². The summed E-state index contributed by atoms with van der Waals surface area (Å²) in [7, 11) is -4.96. The van der Waals surface area contributed by atoms with E-state index in [2.05, 4.69) is 17.7 Å². The molecule has 2 aromatic rings. The van der Waals surface area contributed by atoms with Gasteiger partial charge in [0.25, 0.3) is 0 Å². The van der Waals surface area contributed by atoms with E-state index >= 15 is 0 Å². The largest absolute Gasteiger partial charge is 0.524 e. The van der Waals surface area contributed by atoms with Crippen LogP contribution in [0.1, 0.15) is 22.3 Å². The summed E-state index contributed by atoms with van der Waals surface area (Å²) in [6.45, 7) is 6.49. The summed E-state index contributed by atoms with van der Waals surface area (Å²) in [5, 5.41) is 0. The molecule has 0 fully saturated rings. The first-order valence-corrected chi connectivity index (χ1v) is 11.4. The summed E-state index contributed by atoms with van der Waals surface area (Å²) in [6.07, 6.45) is 1.08. The van der Waals surface area contributed by atoms with Gasteiger partial charge in [-0.2, -0.15) is 0 Å². The monoisotopic (exact) mass is 490 g/mol. The molecule has 0 aliphatic carbocycles. The van der Waals surface area contributed by atoms with Crippen LogP contribution in [0, 0.1) is 0 Å². The molecule has 11 heteroatoms. The van der Waals surface area contributed by atoms with Crippen LogP contribution in [0.25, 0.3) is 0 Å². The second kappa shape index (κ2) is 12.5. The van der Waals surface area contributed by atoms with Gasteiger partial charge in [-0.3, -0.25) is 14.6 Å². The highest BCUT2D eigenvalue weighted by atomic mass is 31.2. The number of esters is 2. The number of benzene rings is 2. The van der Waals surface area contributed by atoms with Crippen molar-refractivity contribution in [1.82, 2.24) is 0 Å². The van der Waals surface area contributed by atoms with Crippen molar-refractivity contribution in [2.24, 2.45) is 0 Å². The molecule has 0 bridgehead atoms. The van der Waals surface area contributed by atoms with Crippen LogP contribution in [0.3, 0.4) is 0 Å². The lowest BCUT2D eigenvalue weighted by Crippen LogP contribution is -2.15. The predicted octanol–water partition coefficient (Wildman–Crippen LogP) is 2.99. The molecule has 0 atom stereocenters. The number of phosphoric acid groups is 1. The van der Waals surface area contributed by atoms with E-state index in [0.717, 1.165) is 12.1 Å². The normalized spacial score (nSPS) is 10.6. The van der Waals surface area contributed by atoms with E-state index in [1.807, 2.05) is 0 Å². The third-order valence-corrected chi connectivity index (χ3v) is 4.57. The Morgan fingerprint density at radius 2 is 1.68 bits per heavy atom. The highest BCUT2D eigenvalue weighted by Gasteiger charge is 2.23. The average Bonchev–Trinajstić information content (AvgIpc) is 2.80. The molecule has 2 rings (SSSR count). The number of phosphoric ester groups is 1. The van der Waals surface area contributed by atoms with Crippen LogP contribution in [-0.2, 0) is 23.6 Å². The molecular weight excluding hydrogens is 467 g/mol. The van der Waals surface area contributed by atoms with Crippen LogP contribution < -0.4 is 9.26 Å². The maximum absolute atomic E-state index is 12.7. The molecule has 0 amide bonds. The lowest BCUT2D eigenvalue weighted by molar-refractivity contribution is -0.141. The number of ether oxygens (including phenoxy) is 3. The van der Waals surface area contributed by atoms with Crippen molar-refractivity contribution in [1.29, 1.82) is 0 Å². The summed E-state index contributed by atoms with van der Waals surface area (Å²) in [5.41, 5.74) is 0.331. The SMILES string of the molecule is C=CC(=O)OCCC(=C)C(=O)OCCOc1ccc(C(=O)c2ccccc2)c(OP(=O)(O)O)c1. The molecular formula is C23H23O10P. The zero-order valence-corrected chi connectivity index (χ0v) is 18.9. The van der Waals surface area contributed by atoms with Gasteiger partial charge in [0, 0.05) is 29.7 Å². The molecule has 34 heavy (non-hydrogen) atoms. The number of ketones is 1. The van der Waals surface area contributed by atoms with E-state index in [9.17, 15) is 28.7 Å². The minimum atomic E-state index is -4.96. The van der Waals surface area contributed by atoms with E-state index in [0.29, 0.717) is 5.56 Å². The summed E-state index contributed by atoms with van der Waals surface area (Å²) in [5.74, 6) is -2.05. The van der Waals surface area contributed by atoms with Crippen molar-refractivity contribution >= 4 is 25.5 Å². The third kappa shape index (κ3) is 8.67. The second-order valence-electron chi connectivity index (χ2n) is 6.64. The van der Waals surface area contributed by atoms with E-state index < -0.39 is 25.5 Å². The fraction of sp³-hybridized carbons (Fsp3) is 0.174. The van der Waals surface area contributed by atoms with E-state index in [-0.39, 0.29) is 48.9 Å². The first kappa shape index (κ1) is 26.5. The highest BCUT2D eigenvalue weighted by Crippen LogP contribution is 2.41. The van der Waals surface area contributed by atoms with Gasteiger partial charge in [0.1, 0.15) is 24.7 Å². The van der Waals surface area contributed by atoms with Gasteiger partial charge in [-0.15, -0.1) is 0 Å². The molecule has 0 saturated carbocycles. The van der Waals surface area contributed by atoms with Crippen LogP contribution in [-0.4, -0.2) is 47.3 Å². The van der Waals surface area contributed by atoms with Gasteiger partial charge in [0.15, 0.2) is 5.78 Å². The molecule has 0 saturated heterocycles. The number of hydrogen-bond acceptors (Lipinski definition) is 8. The molecule has 0 aliphatic rings. The molecule has 2 aromatic carbocycles. The molecule has 0 radical (unpaired) electrons. The quantitative estimate of drug-likeness (QED) is 0.141. The number of carbonyl (C=O) groups is 3. The van der Waals surface area contributed by atoms with Gasteiger partial charge in [-0.1, -0.05) is 43.5 Å². The van der Waals surface area contributed by atoms with Crippen LogP contribution in [0.15, 0.2) is 73.3 Å². The maximum Gasteiger partial charge on any atom is 0.524 e. The summed E-state index contributed by atoms with van der Waals surface area (Å²) in [4.78, 5) is 54.0. The molecule has 0 aromatic heterocycles. The molecule has 0 heterocycles. The van der Waals surface area contributed by atoms with E-state index in [4.69, 9.17) is 14.2 Å². The van der Waals surface area contributed by atoms with Crippen LogP contribution in [0.5, 0.6) is 11.5 Å². The van der Waals surface area contributed by atoms with Crippen LogP contribution in [0.4, 0.5) is 0 Å². The second-order valence-corrected chi connectivity index (χ2v) is 7.81. The number of hydrogen-bond donors (Lipinski definition) is 2. The van der Waals surface area contributed by atoms with Crippen molar-refractivity contribution < 1.29 is 47.5 Å². The minimum absolute atomic E-state index is 0.0499. The average molecular weight is 490 g/mol. The molecule has 0 spiro atoms. The highest BCUT2D eigenvalue weighted by molar-refractivity contribution is 7.46. The lowest BCUT2D eigenvalue weighted by Gasteiger charge is -2.14. The number of carbonyl (C=O) groups excluding carboxylic acids is 3. The zero-order chi connectivity index (χ0) is 25.1. The van der Waals surface area contributed by atoms with Crippen molar-refractivity contribution in [2.75, 3.05) is 19.8 Å². The minimum Gasteiger partial charge on any atom is -0.490 e. The lowest BCUT2D eigenvalue weighted by atomic mass is 10.0. The van der Waals surface area contributed by atoms with Gasteiger partial charge in [-0.25, -0.2) is 14.2 Å². The Labute approximate surface area is 195 Å². The van der Waals surface area contributed by atoms with Crippen LogP contribution >= 0.6 is 7.82 Å². The summed E-state index contributed by atoms with van der Waals surface area (Å²) in [6, 6.07) is 12.0. The standard InChI is InChI=1S/C23H23O10P/c1-3-21(24)31-12-11-16(2)23(26)32-14-13-30-18-9-10-19(20(15-18)33-34(27,28)29)22(25)17-7-5-4-6-8-17/h3-10,15H,1-2,11-14H2,(H2,27,28,29). The number of rotatable bonds is 13. The Kier molecular flexibility index (Phi) is 9.76. The Morgan fingerprint density at radius 1 is 0.971 bits per heavy atom. The summed E-state index contributed by atoms with van der Waals surface area (Å²) < 4.78 is 31.2. The zero-order valence-electron chi connectivity index (χ0n) is 18.0. The molecule has 0 unspecified atom stereocenters. The van der Waals surface area contributed by atoms with Crippen molar-refractivity contribution in [2.45, 2.75) is 6.42 Å². The molecule has 0 aliphatic heterocycles. The Bertz CT molecular complexity index is 1100. The van der Waals surface area contributed by atoms with Crippen molar-refractivity contribution in [3.8, 4) is 11.5 Å². The predicted molar refractivity (Wildman–Crippen MR) is 120 cm³/mol. The van der Waals surface area contributed by atoms with Gasteiger partial charge in [0.2, 0.25) is 0 Å². The van der Waals surface area contributed by atoms with Gasteiger partial charge in [0.05, 0.1) is 12.2 Å². The van der Waals surface area contributed by atoms with E-state index in [1.165, 1.54) is 12.1 Å². The van der Waals surface area contributed by atoms with Crippen molar-refractivity contribution in [3.05, 3.63) is 84.5 Å². The first-order chi connectivity index (χ1) is 16.1. The van der Waals surface area contributed by atoms with Crippen LogP contribution in [0.2, 0.25) is 0 Å². The van der Waals surface area contributed by atoms with Gasteiger partial charge < -0.3 is 18.7 Å². The maximum atomic E-state index is 12.7.